The maximum atomic E-state index is 13.0. The summed E-state index contributed by atoms with van der Waals surface area (Å²) in [7, 11) is 0. The monoisotopic (exact) mass is 403 g/mol. The molecule has 0 amide bonds. The predicted molar refractivity (Wildman–Crippen MR) is 115 cm³/mol. The number of nitrogens with one attached hydrogen (secondary N) is 1. The standard InChI is InChI=1S/C22H25N7O/c1-3-5-7-18-15-28(14-4-2)22(30)29(18)17-11-9-16(10-12-17)20-19(8-6-13-23-20)21-24-26-27-25-21/h6,8-13,15H,3-5,7,14H2,1-2H3,(H,24,25,26,27). The minimum Gasteiger partial charge on any atom is -0.299 e. The number of aromatic nitrogens is 7. The molecule has 0 atom stereocenters. The fraction of sp³-hybridized carbons (Fsp3) is 0.318. The van der Waals surface area contributed by atoms with Gasteiger partial charge in [-0.1, -0.05) is 32.4 Å². The van der Waals surface area contributed by atoms with Crippen LogP contribution >= 0.6 is 0 Å². The first-order chi connectivity index (χ1) is 14.7. The molecule has 1 aromatic carbocycles. The third-order valence-electron chi connectivity index (χ3n) is 5.07. The topological polar surface area (TPSA) is 94.3 Å². The number of imidazole rings is 1. The summed E-state index contributed by atoms with van der Waals surface area (Å²) in [5.74, 6) is 0.497. The molecule has 8 heteroatoms. The summed E-state index contributed by atoms with van der Waals surface area (Å²) >= 11 is 0. The van der Waals surface area contributed by atoms with E-state index < -0.39 is 0 Å². The Morgan fingerprint density at radius 2 is 1.90 bits per heavy atom. The summed E-state index contributed by atoms with van der Waals surface area (Å²) in [6, 6.07) is 11.7. The van der Waals surface area contributed by atoms with Crippen LogP contribution in [0.3, 0.4) is 0 Å². The van der Waals surface area contributed by atoms with Crippen LogP contribution in [0.4, 0.5) is 0 Å². The molecule has 0 spiro atoms. The van der Waals surface area contributed by atoms with Crippen molar-refractivity contribution < 1.29 is 0 Å². The Kier molecular flexibility index (Phi) is 5.83. The summed E-state index contributed by atoms with van der Waals surface area (Å²) in [6.45, 7) is 4.97. The first-order valence-electron chi connectivity index (χ1n) is 10.3. The summed E-state index contributed by atoms with van der Waals surface area (Å²) in [5, 5.41) is 14.3. The number of unbranched alkanes of at least 4 members (excludes halogenated alkanes) is 1. The Labute approximate surface area is 174 Å². The van der Waals surface area contributed by atoms with Gasteiger partial charge in [0.25, 0.3) is 0 Å². The second-order valence-electron chi connectivity index (χ2n) is 7.22. The molecule has 0 saturated heterocycles. The predicted octanol–water partition coefficient (Wildman–Crippen LogP) is 3.63. The van der Waals surface area contributed by atoms with Crippen molar-refractivity contribution in [1.82, 2.24) is 34.7 Å². The second kappa shape index (κ2) is 8.86. The van der Waals surface area contributed by atoms with E-state index in [1.807, 2.05) is 51.7 Å². The number of benzene rings is 1. The Bertz CT molecular complexity index is 1160. The number of H-pyrrole nitrogens is 1. The molecule has 154 valence electrons. The van der Waals surface area contributed by atoms with Gasteiger partial charge in [0, 0.05) is 35.8 Å². The molecular weight excluding hydrogens is 378 g/mol. The summed E-state index contributed by atoms with van der Waals surface area (Å²) in [6.07, 6.45) is 7.69. The van der Waals surface area contributed by atoms with E-state index in [9.17, 15) is 4.79 Å². The van der Waals surface area contributed by atoms with Crippen LogP contribution in [0.25, 0.3) is 28.3 Å². The van der Waals surface area contributed by atoms with Crippen LogP contribution in [0.5, 0.6) is 0 Å². The number of rotatable bonds is 8. The molecule has 3 heterocycles. The van der Waals surface area contributed by atoms with Crippen molar-refractivity contribution in [3.63, 3.8) is 0 Å². The number of aryl methyl sites for hydroxylation is 2. The summed E-state index contributed by atoms with van der Waals surface area (Å²) in [5.41, 5.74) is 4.42. The fourth-order valence-corrected chi connectivity index (χ4v) is 3.62. The first-order valence-corrected chi connectivity index (χ1v) is 10.3. The van der Waals surface area contributed by atoms with E-state index in [-0.39, 0.29) is 5.69 Å². The van der Waals surface area contributed by atoms with Crippen LogP contribution in [-0.2, 0) is 13.0 Å². The maximum absolute atomic E-state index is 13.0. The minimum atomic E-state index is 0.0148. The number of hydrogen-bond donors (Lipinski definition) is 1. The summed E-state index contributed by atoms with van der Waals surface area (Å²) in [4.78, 5) is 17.5. The Morgan fingerprint density at radius 1 is 1.07 bits per heavy atom. The highest BCUT2D eigenvalue weighted by Gasteiger charge is 2.15. The smallest absolute Gasteiger partial charge is 0.299 e. The van der Waals surface area contributed by atoms with Crippen molar-refractivity contribution in [3.8, 4) is 28.3 Å². The number of nitrogens with zero attached hydrogens (tertiary/aromatic N) is 6. The van der Waals surface area contributed by atoms with E-state index in [0.717, 1.165) is 60.4 Å². The molecule has 0 saturated carbocycles. The number of tetrazole rings is 1. The third kappa shape index (κ3) is 3.80. The van der Waals surface area contributed by atoms with Gasteiger partial charge in [-0.05, 0) is 48.7 Å². The second-order valence-corrected chi connectivity index (χ2v) is 7.22. The number of pyridine rings is 1. The molecule has 0 unspecified atom stereocenters. The van der Waals surface area contributed by atoms with Gasteiger partial charge in [-0.2, -0.15) is 5.21 Å². The summed E-state index contributed by atoms with van der Waals surface area (Å²) < 4.78 is 3.64. The van der Waals surface area contributed by atoms with E-state index in [4.69, 9.17) is 0 Å². The van der Waals surface area contributed by atoms with Crippen LogP contribution < -0.4 is 5.69 Å². The van der Waals surface area contributed by atoms with Gasteiger partial charge >= 0.3 is 5.69 Å². The van der Waals surface area contributed by atoms with Gasteiger partial charge in [0.05, 0.1) is 11.4 Å². The fourth-order valence-electron chi connectivity index (χ4n) is 3.62. The molecule has 0 bridgehead atoms. The molecule has 4 rings (SSSR count). The molecule has 3 aromatic heterocycles. The molecule has 30 heavy (non-hydrogen) atoms. The molecular formula is C22H25N7O. The van der Waals surface area contributed by atoms with Gasteiger partial charge in [-0.15, -0.1) is 10.2 Å². The highest BCUT2D eigenvalue weighted by atomic mass is 16.1. The normalized spacial score (nSPS) is 11.1. The molecule has 0 fully saturated rings. The van der Waals surface area contributed by atoms with Gasteiger partial charge in [-0.3, -0.25) is 14.1 Å². The van der Waals surface area contributed by atoms with Gasteiger partial charge in [-0.25, -0.2) is 4.79 Å². The zero-order valence-corrected chi connectivity index (χ0v) is 17.2. The Balaban J connectivity index is 1.73. The zero-order valence-electron chi connectivity index (χ0n) is 17.2. The van der Waals surface area contributed by atoms with Crippen molar-refractivity contribution in [2.45, 2.75) is 46.1 Å². The molecule has 4 aromatic rings. The lowest BCUT2D eigenvalue weighted by Gasteiger charge is -2.09. The quantitative estimate of drug-likeness (QED) is 0.485. The van der Waals surface area contributed by atoms with Crippen molar-refractivity contribution in [3.05, 3.63) is 65.0 Å². The average Bonchev–Trinajstić information content (AvgIpc) is 3.42. The van der Waals surface area contributed by atoms with E-state index >= 15 is 0 Å². The van der Waals surface area contributed by atoms with Crippen LogP contribution in [0.2, 0.25) is 0 Å². The van der Waals surface area contributed by atoms with Crippen molar-refractivity contribution >= 4 is 0 Å². The number of hydrogen-bond acceptors (Lipinski definition) is 5. The van der Waals surface area contributed by atoms with Gasteiger partial charge < -0.3 is 0 Å². The van der Waals surface area contributed by atoms with E-state index in [2.05, 4.69) is 39.5 Å². The third-order valence-corrected chi connectivity index (χ3v) is 5.07. The van der Waals surface area contributed by atoms with E-state index in [1.165, 1.54) is 0 Å². The molecule has 1 N–H and O–H groups in total. The minimum absolute atomic E-state index is 0.0148. The zero-order chi connectivity index (χ0) is 20.9. The van der Waals surface area contributed by atoms with Crippen LogP contribution in [0.1, 0.15) is 38.8 Å². The molecule has 0 aliphatic heterocycles. The van der Waals surface area contributed by atoms with E-state index in [0.29, 0.717) is 5.82 Å². The van der Waals surface area contributed by atoms with E-state index in [1.54, 1.807) is 6.20 Å². The molecule has 0 aliphatic carbocycles. The SMILES string of the molecule is CCCCc1cn(CCC)c(=O)n1-c1ccc(-c2ncccc2-c2nn[nH]n2)cc1. The lowest BCUT2D eigenvalue weighted by molar-refractivity contribution is 0.647. The Morgan fingerprint density at radius 3 is 2.60 bits per heavy atom. The largest absolute Gasteiger partial charge is 0.332 e. The highest BCUT2D eigenvalue weighted by molar-refractivity contribution is 5.77. The molecule has 0 aliphatic rings. The maximum Gasteiger partial charge on any atom is 0.332 e. The average molecular weight is 403 g/mol. The van der Waals surface area contributed by atoms with Crippen LogP contribution in [0.15, 0.2) is 53.6 Å². The van der Waals surface area contributed by atoms with Gasteiger partial charge in [0.1, 0.15) is 0 Å². The van der Waals surface area contributed by atoms with Crippen molar-refractivity contribution in [2.75, 3.05) is 0 Å². The van der Waals surface area contributed by atoms with Gasteiger partial charge in [0.2, 0.25) is 5.82 Å². The van der Waals surface area contributed by atoms with Gasteiger partial charge in [0.15, 0.2) is 0 Å². The highest BCUT2D eigenvalue weighted by Crippen LogP contribution is 2.28. The van der Waals surface area contributed by atoms with Crippen LogP contribution in [-0.4, -0.2) is 34.7 Å². The lowest BCUT2D eigenvalue weighted by atomic mass is 10.0. The number of aromatic amines is 1. The van der Waals surface area contributed by atoms with Crippen molar-refractivity contribution in [2.24, 2.45) is 0 Å². The first kappa shape index (κ1) is 19.8. The van der Waals surface area contributed by atoms with Crippen molar-refractivity contribution in [1.29, 1.82) is 0 Å². The lowest BCUT2D eigenvalue weighted by Crippen LogP contribution is -2.23. The Hall–Kier alpha value is -3.55. The molecule has 8 nitrogen and oxygen atoms in total. The van der Waals surface area contributed by atoms with Crippen LogP contribution in [0, 0.1) is 0 Å². The molecule has 0 radical (unpaired) electrons.